The van der Waals surface area contributed by atoms with Crippen LogP contribution in [-0.4, -0.2) is 47.3 Å². The highest BCUT2D eigenvalue weighted by atomic mass is 19.1. The molecule has 1 saturated heterocycles. The molecular weight excluding hydrogens is 349 g/mol. The molecule has 0 radical (unpaired) electrons. The van der Waals surface area contributed by atoms with Crippen LogP contribution in [0.25, 0.3) is 10.8 Å². The highest BCUT2D eigenvalue weighted by Gasteiger charge is 2.22. The smallest absolute Gasteiger partial charge is 0.272 e. The Balaban J connectivity index is 1.67. The molecule has 27 heavy (non-hydrogen) atoms. The van der Waals surface area contributed by atoms with Gasteiger partial charge in [-0.25, -0.2) is 9.49 Å². The molecule has 2 aromatic carbocycles. The third-order valence-electron chi connectivity index (χ3n) is 4.71. The summed E-state index contributed by atoms with van der Waals surface area (Å²) >= 11 is 0. The van der Waals surface area contributed by atoms with E-state index < -0.39 is 5.82 Å². The van der Waals surface area contributed by atoms with E-state index in [4.69, 9.17) is 4.74 Å². The van der Waals surface area contributed by atoms with Crippen molar-refractivity contribution < 1.29 is 13.9 Å². The quantitative estimate of drug-likeness (QED) is 0.770. The third-order valence-corrected chi connectivity index (χ3v) is 4.71. The van der Waals surface area contributed by atoms with Gasteiger partial charge in [0.15, 0.2) is 0 Å². The minimum absolute atomic E-state index is 0.0446. The van der Waals surface area contributed by atoms with Gasteiger partial charge in [0.25, 0.3) is 11.5 Å². The zero-order chi connectivity index (χ0) is 18.8. The van der Waals surface area contributed by atoms with Crippen LogP contribution in [0.1, 0.15) is 21.6 Å². The zero-order valence-electron chi connectivity index (χ0n) is 14.6. The molecule has 0 saturated carbocycles. The number of benzene rings is 2. The number of hydrogen-bond donors (Lipinski definition) is 1. The second-order valence-corrected chi connectivity index (χ2v) is 6.44. The van der Waals surface area contributed by atoms with Crippen LogP contribution in [0.4, 0.5) is 4.39 Å². The standard InChI is InChI=1S/C20H18FN3O3/c21-17-6-5-13(11-16(17)20(26)24-7-9-27-10-8-24)12-18-14-3-1-2-4-15(14)19(25)23-22-18/h1-6,11H,7-10,12H2,(H,23,25). The van der Waals surface area contributed by atoms with Crippen LogP contribution >= 0.6 is 0 Å². The molecule has 1 amide bonds. The number of fused-ring (bicyclic) bond motifs is 1. The fourth-order valence-corrected chi connectivity index (χ4v) is 3.28. The fraction of sp³-hybridized carbons (Fsp3) is 0.250. The van der Waals surface area contributed by atoms with Gasteiger partial charge in [-0.3, -0.25) is 9.59 Å². The van der Waals surface area contributed by atoms with Gasteiger partial charge in [-0.05, 0) is 23.8 Å². The van der Waals surface area contributed by atoms with Crippen LogP contribution in [0, 0.1) is 5.82 Å². The number of ether oxygens (including phenoxy) is 1. The number of morpholine rings is 1. The van der Waals surface area contributed by atoms with E-state index in [-0.39, 0.29) is 17.0 Å². The van der Waals surface area contributed by atoms with Gasteiger partial charge in [0, 0.05) is 24.9 Å². The molecule has 1 aliphatic rings. The maximum absolute atomic E-state index is 14.3. The van der Waals surface area contributed by atoms with Gasteiger partial charge in [-0.2, -0.15) is 5.10 Å². The number of hydrogen-bond acceptors (Lipinski definition) is 4. The van der Waals surface area contributed by atoms with Gasteiger partial charge < -0.3 is 9.64 Å². The Morgan fingerprint density at radius 2 is 1.89 bits per heavy atom. The number of amides is 1. The highest BCUT2D eigenvalue weighted by molar-refractivity contribution is 5.94. The number of aromatic amines is 1. The molecule has 2 heterocycles. The summed E-state index contributed by atoms with van der Waals surface area (Å²) in [5.41, 5.74) is 1.21. The number of nitrogens with one attached hydrogen (secondary N) is 1. The summed E-state index contributed by atoms with van der Waals surface area (Å²) in [5.74, 6) is -0.883. The Hall–Kier alpha value is -3.06. The fourth-order valence-electron chi connectivity index (χ4n) is 3.28. The minimum atomic E-state index is -0.547. The van der Waals surface area contributed by atoms with Gasteiger partial charge in [0.05, 0.1) is 29.9 Å². The molecule has 1 aliphatic heterocycles. The zero-order valence-corrected chi connectivity index (χ0v) is 14.6. The van der Waals surface area contributed by atoms with E-state index in [1.165, 1.54) is 6.07 Å². The van der Waals surface area contributed by atoms with Crippen molar-refractivity contribution in [1.82, 2.24) is 15.1 Å². The molecule has 1 aromatic heterocycles. The Morgan fingerprint density at radius 3 is 2.67 bits per heavy atom. The molecule has 4 rings (SSSR count). The summed E-state index contributed by atoms with van der Waals surface area (Å²) in [5, 5.41) is 7.93. The van der Waals surface area contributed by atoms with Crippen LogP contribution in [0.2, 0.25) is 0 Å². The number of carbonyl (C=O) groups is 1. The van der Waals surface area contributed by atoms with E-state index in [0.717, 1.165) is 10.9 Å². The van der Waals surface area contributed by atoms with Crippen molar-refractivity contribution in [2.75, 3.05) is 26.3 Å². The van der Waals surface area contributed by atoms with E-state index >= 15 is 0 Å². The molecule has 6 nitrogen and oxygen atoms in total. The van der Waals surface area contributed by atoms with Crippen LogP contribution in [-0.2, 0) is 11.2 Å². The second-order valence-electron chi connectivity index (χ2n) is 6.44. The van der Waals surface area contributed by atoms with Crippen LogP contribution < -0.4 is 5.56 Å². The van der Waals surface area contributed by atoms with Gasteiger partial charge >= 0.3 is 0 Å². The summed E-state index contributed by atoms with van der Waals surface area (Å²) < 4.78 is 19.5. The van der Waals surface area contributed by atoms with Crippen molar-refractivity contribution in [3.05, 3.63) is 75.5 Å². The summed E-state index contributed by atoms with van der Waals surface area (Å²) in [6.07, 6.45) is 0.376. The molecule has 7 heteroatoms. The molecule has 3 aromatic rings. The summed E-state index contributed by atoms with van der Waals surface area (Å²) in [6, 6.07) is 11.7. The molecule has 1 N–H and O–H groups in total. The number of carbonyl (C=O) groups excluding carboxylic acids is 1. The van der Waals surface area contributed by atoms with E-state index in [0.29, 0.717) is 43.8 Å². The molecular formula is C20H18FN3O3. The van der Waals surface area contributed by atoms with Crippen LogP contribution in [0.15, 0.2) is 47.3 Å². The van der Waals surface area contributed by atoms with Crippen molar-refractivity contribution in [3.8, 4) is 0 Å². The molecule has 138 valence electrons. The first-order valence-electron chi connectivity index (χ1n) is 8.75. The lowest BCUT2D eigenvalue weighted by Gasteiger charge is -2.27. The summed E-state index contributed by atoms with van der Waals surface area (Å²) in [7, 11) is 0. The average Bonchev–Trinajstić information content (AvgIpc) is 2.72. The predicted octanol–water partition coefficient (Wildman–Crippen LogP) is 2.13. The van der Waals surface area contributed by atoms with Gasteiger partial charge in [-0.1, -0.05) is 24.3 Å². The lowest BCUT2D eigenvalue weighted by atomic mass is 10.0. The Bertz CT molecular complexity index is 1060. The van der Waals surface area contributed by atoms with Crippen LogP contribution in [0.5, 0.6) is 0 Å². The monoisotopic (exact) mass is 367 g/mol. The number of rotatable bonds is 3. The van der Waals surface area contributed by atoms with Crippen molar-refractivity contribution in [3.63, 3.8) is 0 Å². The molecule has 0 aliphatic carbocycles. The number of H-pyrrole nitrogens is 1. The third kappa shape index (κ3) is 3.46. The first-order valence-corrected chi connectivity index (χ1v) is 8.75. The summed E-state index contributed by atoms with van der Waals surface area (Å²) in [4.78, 5) is 26.2. The highest BCUT2D eigenvalue weighted by Crippen LogP contribution is 2.19. The van der Waals surface area contributed by atoms with Crippen LogP contribution in [0.3, 0.4) is 0 Å². The van der Waals surface area contributed by atoms with E-state index in [2.05, 4.69) is 10.2 Å². The van der Waals surface area contributed by atoms with Crippen molar-refractivity contribution >= 4 is 16.7 Å². The van der Waals surface area contributed by atoms with Crippen molar-refractivity contribution in [2.24, 2.45) is 0 Å². The second kappa shape index (κ2) is 7.28. The molecule has 1 fully saturated rings. The van der Waals surface area contributed by atoms with E-state index in [1.807, 2.05) is 12.1 Å². The average molecular weight is 367 g/mol. The Morgan fingerprint density at radius 1 is 1.15 bits per heavy atom. The molecule has 0 spiro atoms. The first-order chi connectivity index (χ1) is 13.1. The normalized spacial score (nSPS) is 14.5. The van der Waals surface area contributed by atoms with Gasteiger partial charge in [-0.15, -0.1) is 0 Å². The molecule has 0 bridgehead atoms. The first kappa shape index (κ1) is 17.4. The van der Waals surface area contributed by atoms with Gasteiger partial charge in [0.1, 0.15) is 5.82 Å². The Kier molecular flexibility index (Phi) is 4.68. The van der Waals surface area contributed by atoms with Gasteiger partial charge in [0.2, 0.25) is 0 Å². The summed E-state index contributed by atoms with van der Waals surface area (Å²) in [6.45, 7) is 1.82. The van der Waals surface area contributed by atoms with E-state index in [1.54, 1.807) is 29.2 Å². The van der Waals surface area contributed by atoms with Crippen molar-refractivity contribution in [2.45, 2.75) is 6.42 Å². The Labute approximate surface area is 154 Å². The maximum atomic E-state index is 14.3. The number of nitrogens with zero attached hydrogens (tertiary/aromatic N) is 2. The lowest BCUT2D eigenvalue weighted by Crippen LogP contribution is -2.41. The maximum Gasteiger partial charge on any atom is 0.272 e. The lowest BCUT2D eigenvalue weighted by molar-refractivity contribution is 0.0300. The molecule has 0 atom stereocenters. The minimum Gasteiger partial charge on any atom is -0.378 e. The predicted molar refractivity (Wildman–Crippen MR) is 98.3 cm³/mol. The van der Waals surface area contributed by atoms with Crippen molar-refractivity contribution in [1.29, 1.82) is 0 Å². The van der Waals surface area contributed by atoms with E-state index in [9.17, 15) is 14.0 Å². The topological polar surface area (TPSA) is 75.3 Å². The molecule has 0 unspecified atom stereocenters. The number of halogens is 1. The largest absolute Gasteiger partial charge is 0.378 e. The SMILES string of the molecule is O=C(c1cc(Cc2n[nH]c(=O)c3ccccc23)ccc1F)N1CCOCC1. The number of aromatic nitrogens is 2.